The number of hydrogen-bond donors (Lipinski definition) is 1. The minimum atomic E-state index is -0.743. The molecule has 0 bridgehead atoms. The fourth-order valence-electron chi connectivity index (χ4n) is 1.05. The van der Waals surface area contributed by atoms with E-state index in [-0.39, 0.29) is 11.9 Å². The standard InChI is InChI=1S/C10H22N2O2/c1-8(11)6-7-12(4)9(13)10(2,3)14-5/h8H,6-7,11H2,1-5H3. The highest BCUT2D eigenvalue weighted by Crippen LogP contribution is 2.11. The van der Waals surface area contributed by atoms with Crippen molar-refractivity contribution < 1.29 is 9.53 Å². The number of likely N-dealkylation sites (N-methyl/N-ethyl adjacent to an activating group) is 1. The van der Waals surface area contributed by atoms with E-state index in [2.05, 4.69) is 0 Å². The summed E-state index contributed by atoms with van der Waals surface area (Å²) in [6, 6.07) is 0.121. The normalized spacial score (nSPS) is 13.9. The largest absolute Gasteiger partial charge is 0.369 e. The lowest BCUT2D eigenvalue weighted by Crippen LogP contribution is -2.45. The van der Waals surface area contributed by atoms with Gasteiger partial charge in [-0.15, -0.1) is 0 Å². The van der Waals surface area contributed by atoms with Crippen LogP contribution in [0.5, 0.6) is 0 Å². The molecular weight excluding hydrogens is 180 g/mol. The number of carbonyl (C=O) groups is 1. The zero-order valence-corrected chi connectivity index (χ0v) is 9.83. The molecule has 14 heavy (non-hydrogen) atoms. The van der Waals surface area contributed by atoms with Crippen molar-refractivity contribution in [3.8, 4) is 0 Å². The van der Waals surface area contributed by atoms with Crippen molar-refractivity contribution in [3.63, 3.8) is 0 Å². The van der Waals surface area contributed by atoms with Gasteiger partial charge in [0, 0.05) is 26.7 Å². The first-order chi connectivity index (χ1) is 6.31. The number of rotatable bonds is 5. The number of carbonyl (C=O) groups excluding carboxylic acids is 1. The summed E-state index contributed by atoms with van der Waals surface area (Å²) in [5.41, 5.74) is 4.87. The highest BCUT2D eigenvalue weighted by Gasteiger charge is 2.29. The van der Waals surface area contributed by atoms with E-state index in [9.17, 15) is 4.79 Å². The minimum Gasteiger partial charge on any atom is -0.369 e. The molecule has 4 nitrogen and oxygen atoms in total. The van der Waals surface area contributed by atoms with Gasteiger partial charge in [0.2, 0.25) is 0 Å². The molecule has 0 aromatic rings. The summed E-state index contributed by atoms with van der Waals surface area (Å²) in [4.78, 5) is 13.4. The topological polar surface area (TPSA) is 55.6 Å². The Bertz CT molecular complexity index is 191. The third-order valence-corrected chi connectivity index (χ3v) is 2.29. The molecule has 0 fully saturated rings. The van der Waals surface area contributed by atoms with Crippen molar-refractivity contribution in [3.05, 3.63) is 0 Å². The predicted molar refractivity (Wildman–Crippen MR) is 57.0 cm³/mol. The first kappa shape index (κ1) is 13.4. The van der Waals surface area contributed by atoms with Crippen LogP contribution >= 0.6 is 0 Å². The van der Waals surface area contributed by atoms with Crippen molar-refractivity contribution >= 4 is 5.91 Å². The molecule has 2 N–H and O–H groups in total. The Kier molecular flexibility index (Phi) is 5.08. The lowest BCUT2D eigenvalue weighted by atomic mass is 10.1. The summed E-state index contributed by atoms with van der Waals surface area (Å²) >= 11 is 0. The molecule has 0 aliphatic heterocycles. The average molecular weight is 202 g/mol. The number of methoxy groups -OCH3 is 1. The molecule has 0 radical (unpaired) electrons. The van der Waals surface area contributed by atoms with Gasteiger partial charge in [0.05, 0.1) is 0 Å². The molecule has 0 aromatic carbocycles. The van der Waals surface area contributed by atoms with Gasteiger partial charge in [-0.1, -0.05) is 0 Å². The number of amides is 1. The van der Waals surface area contributed by atoms with Crippen LogP contribution in [0.4, 0.5) is 0 Å². The van der Waals surface area contributed by atoms with E-state index in [1.807, 2.05) is 6.92 Å². The Labute approximate surface area is 86.4 Å². The van der Waals surface area contributed by atoms with Crippen LogP contribution in [0.2, 0.25) is 0 Å². The maximum absolute atomic E-state index is 11.8. The summed E-state index contributed by atoms with van der Waals surface area (Å²) in [5, 5.41) is 0. The van der Waals surface area contributed by atoms with E-state index in [4.69, 9.17) is 10.5 Å². The van der Waals surface area contributed by atoms with Gasteiger partial charge in [-0.25, -0.2) is 0 Å². The molecule has 1 atom stereocenters. The van der Waals surface area contributed by atoms with Crippen LogP contribution in [0.3, 0.4) is 0 Å². The molecule has 0 aromatic heterocycles. The van der Waals surface area contributed by atoms with Crippen LogP contribution < -0.4 is 5.73 Å². The zero-order chi connectivity index (χ0) is 11.4. The fraction of sp³-hybridized carbons (Fsp3) is 0.900. The second-order valence-electron chi connectivity index (χ2n) is 4.21. The molecule has 0 heterocycles. The number of ether oxygens (including phenoxy) is 1. The van der Waals surface area contributed by atoms with Crippen LogP contribution in [-0.4, -0.2) is 43.2 Å². The first-order valence-electron chi connectivity index (χ1n) is 4.87. The smallest absolute Gasteiger partial charge is 0.253 e. The van der Waals surface area contributed by atoms with Gasteiger partial charge in [-0.05, 0) is 27.2 Å². The van der Waals surface area contributed by atoms with Crippen molar-refractivity contribution in [1.29, 1.82) is 0 Å². The monoisotopic (exact) mass is 202 g/mol. The molecule has 1 amide bonds. The molecule has 0 saturated heterocycles. The van der Waals surface area contributed by atoms with Gasteiger partial charge in [-0.2, -0.15) is 0 Å². The van der Waals surface area contributed by atoms with Crippen LogP contribution in [0.15, 0.2) is 0 Å². The average Bonchev–Trinajstić information content (AvgIpc) is 2.12. The van der Waals surface area contributed by atoms with E-state index in [0.29, 0.717) is 6.54 Å². The van der Waals surface area contributed by atoms with Gasteiger partial charge in [0.25, 0.3) is 5.91 Å². The van der Waals surface area contributed by atoms with Crippen molar-refractivity contribution in [2.24, 2.45) is 5.73 Å². The Hall–Kier alpha value is -0.610. The second-order valence-corrected chi connectivity index (χ2v) is 4.21. The number of nitrogens with two attached hydrogens (primary N) is 1. The fourth-order valence-corrected chi connectivity index (χ4v) is 1.05. The third-order valence-electron chi connectivity index (χ3n) is 2.29. The van der Waals surface area contributed by atoms with Crippen LogP contribution in [-0.2, 0) is 9.53 Å². The summed E-state index contributed by atoms with van der Waals surface area (Å²) in [6.07, 6.45) is 0.808. The lowest BCUT2D eigenvalue weighted by molar-refractivity contribution is -0.149. The maximum Gasteiger partial charge on any atom is 0.253 e. The molecule has 84 valence electrons. The molecular formula is C10H22N2O2. The van der Waals surface area contributed by atoms with Crippen LogP contribution in [0.25, 0.3) is 0 Å². The SMILES string of the molecule is COC(C)(C)C(=O)N(C)CCC(C)N. The Morgan fingerprint density at radius 3 is 2.43 bits per heavy atom. The first-order valence-corrected chi connectivity index (χ1v) is 4.87. The second kappa shape index (κ2) is 5.32. The Morgan fingerprint density at radius 1 is 1.57 bits per heavy atom. The van der Waals surface area contributed by atoms with E-state index in [1.165, 1.54) is 7.11 Å². The van der Waals surface area contributed by atoms with Crippen molar-refractivity contribution in [2.75, 3.05) is 20.7 Å². The molecule has 0 aliphatic carbocycles. The van der Waals surface area contributed by atoms with E-state index >= 15 is 0 Å². The highest BCUT2D eigenvalue weighted by molar-refractivity contribution is 5.84. The van der Waals surface area contributed by atoms with Crippen LogP contribution in [0.1, 0.15) is 27.2 Å². The minimum absolute atomic E-state index is 0.0133. The molecule has 0 saturated carbocycles. The van der Waals surface area contributed by atoms with E-state index in [1.54, 1.807) is 25.8 Å². The molecule has 4 heteroatoms. The van der Waals surface area contributed by atoms with Crippen molar-refractivity contribution in [1.82, 2.24) is 4.90 Å². The summed E-state index contributed by atoms with van der Waals surface area (Å²) in [5.74, 6) is -0.0133. The number of hydrogen-bond acceptors (Lipinski definition) is 3. The maximum atomic E-state index is 11.8. The van der Waals surface area contributed by atoms with E-state index in [0.717, 1.165) is 6.42 Å². The Balaban J connectivity index is 4.12. The van der Waals surface area contributed by atoms with Gasteiger partial charge < -0.3 is 15.4 Å². The lowest BCUT2D eigenvalue weighted by Gasteiger charge is -2.28. The van der Waals surface area contributed by atoms with Crippen molar-refractivity contribution in [2.45, 2.75) is 38.8 Å². The van der Waals surface area contributed by atoms with Crippen LogP contribution in [0, 0.1) is 0 Å². The van der Waals surface area contributed by atoms with Gasteiger partial charge in [0.1, 0.15) is 5.60 Å². The molecule has 0 spiro atoms. The predicted octanol–water partition coefficient (Wildman–Crippen LogP) is 0.607. The number of nitrogens with zero attached hydrogens (tertiary/aromatic N) is 1. The quantitative estimate of drug-likeness (QED) is 0.710. The van der Waals surface area contributed by atoms with E-state index < -0.39 is 5.60 Å². The Morgan fingerprint density at radius 2 is 2.07 bits per heavy atom. The molecule has 0 aliphatic rings. The van der Waals surface area contributed by atoms with Gasteiger partial charge >= 0.3 is 0 Å². The highest BCUT2D eigenvalue weighted by atomic mass is 16.5. The summed E-state index contributed by atoms with van der Waals surface area (Å²) in [6.45, 7) is 6.12. The third kappa shape index (κ3) is 4.07. The molecule has 0 rings (SSSR count). The van der Waals surface area contributed by atoms with Gasteiger partial charge in [0.15, 0.2) is 0 Å². The van der Waals surface area contributed by atoms with Gasteiger partial charge in [-0.3, -0.25) is 4.79 Å². The zero-order valence-electron chi connectivity index (χ0n) is 9.83. The molecule has 1 unspecified atom stereocenters. The summed E-state index contributed by atoms with van der Waals surface area (Å²) < 4.78 is 5.10. The summed E-state index contributed by atoms with van der Waals surface area (Å²) in [7, 11) is 3.31.